The van der Waals surface area contributed by atoms with Crippen molar-refractivity contribution in [2.24, 2.45) is 29.4 Å². The Morgan fingerprint density at radius 2 is 1.91 bits per heavy atom. The number of anilines is 1. The van der Waals surface area contributed by atoms with Crippen LogP contribution in [0.25, 0.3) is 0 Å². The topological polar surface area (TPSA) is 80.0 Å². The van der Waals surface area contributed by atoms with Crippen LogP contribution in [0.15, 0.2) is 18.3 Å². The Morgan fingerprint density at radius 3 is 2.52 bits per heavy atom. The van der Waals surface area contributed by atoms with Gasteiger partial charge in [-0.05, 0) is 74.8 Å². The quantitative estimate of drug-likeness (QED) is 0.802. The van der Waals surface area contributed by atoms with Gasteiger partial charge in [-0.3, -0.25) is 4.98 Å². The molecule has 4 saturated carbocycles. The van der Waals surface area contributed by atoms with Crippen LogP contribution in [-0.2, 0) is 0 Å². The number of urea groups is 1. The largest absolute Gasteiger partial charge is 0.336 e. The Balaban J connectivity index is 1.38. The fraction of sp³-hybridized carbons (Fsp3) is 0.667. The van der Waals surface area contributed by atoms with E-state index in [0.717, 1.165) is 23.2 Å². The van der Waals surface area contributed by atoms with Crippen LogP contribution < -0.4 is 16.4 Å². The maximum atomic E-state index is 12.2. The molecule has 4 N–H and O–H groups in total. The molecule has 0 atom stereocenters. The van der Waals surface area contributed by atoms with Crippen LogP contribution in [0.1, 0.15) is 37.8 Å². The maximum Gasteiger partial charge on any atom is 0.319 e. The molecule has 0 aliphatic heterocycles. The van der Waals surface area contributed by atoms with E-state index in [4.69, 9.17) is 5.73 Å². The SMILES string of the molecule is Cc1cc(NC(=O)NCC2(N)C3CC4CC(C3)CC2C4)ccn1. The number of nitrogens with one attached hydrogen (secondary N) is 2. The first-order valence-corrected chi connectivity index (χ1v) is 8.79. The van der Waals surface area contributed by atoms with E-state index in [2.05, 4.69) is 15.6 Å². The molecular weight excluding hydrogens is 288 g/mol. The molecule has 4 fully saturated rings. The molecule has 5 nitrogen and oxygen atoms in total. The standard InChI is InChI=1S/C18H26N4O/c1-11-4-16(2-3-20-11)22-17(23)21-10-18(19)14-6-12-5-13(8-14)9-15(18)7-12/h2-4,12-15H,5-10,19H2,1H3,(H2,20,21,22,23). The molecule has 0 radical (unpaired) electrons. The Kier molecular flexibility index (Phi) is 3.56. The van der Waals surface area contributed by atoms with Crippen LogP contribution in [0.5, 0.6) is 0 Å². The summed E-state index contributed by atoms with van der Waals surface area (Å²) in [5, 5.41) is 5.90. The van der Waals surface area contributed by atoms with Crippen LogP contribution in [0.3, 0.4) is 0 Å². The van der Waals surface area contributed by atoms with Gasteiger partial charge in [0.25, 0.3) is 0 Å². The summed E-state index contributed by atoms with van der Waals surface area (Å²) in [5.41, 5.74) is 8.25. The zero-order valence-electron chi connectivity index (χ0n) is 13.7. The lowest BCUT2D eigenvalue weighted by atomic mass is 9.49. The van der Waals surface area contributed by atoms with Crippen LogP contribution in [0, 0.1) is 30.6 Å². The van der Waals surface area contributed by atoms with E-state index in [1.807, 2.05) is 13.0 Å². The minimum absolute atomic E-state index is 0.172. The number of carbonyl (C=O) groups is 1. The number of amides is 2. The number of pyridine rings is 1. The molecule has 0 spiro atoms. The number of carbonyl (C=O) groups excluding carboxylic acids is 1. The molecule has 0 saturated heterocycles. The normalized spacial score (nSPS) is 37.7. The molecule has 23 heavy (non-hydrogen) atoms. The van der Waals surface area contributed by atoms with Gasteiger partial charge in [0.15, 0.2) is 0 Å². The third kappa shape index (κ3) is 2.71. The van der Waals surface area contributed by atoms with E-state index in [9.17, 15) is 4.79 Å². The first kappa shape index (κ1) is 14.9. The van der Waals surface area contributed by atoms with Gasteiger partial charge < -0.3 is 16.4 Å². The van der Waals surface area contributed by atoms with Crippen molar-refractivity contribution in [2.45, 2.75) is 44.6 Å². The molecule has 4 aliphatic rings. The molecule has 5 heteroatoms. The van der Waals surface area contributed by atoms with E-state index < -0.39 is 0 Å². The van der Waals surface area contributed by atoms with Gasteiger partial charge in [0, 0.05) is 29.7 Å². The van der Waals surface area contributed by atoms with Crippen molar-refractivity contribution < 1.29 is 4.79 Å². The fourth-order valence-electron chi connectivity index (χ4n) is 5.38. The van der Waals surface area contributed by atoms with Gasteiger partial charge in [-0.2, -0.15) is 0 Å². The molecule has 1 aromatic rings. The van der Waals surface area contributed by atoms with Gasteiger partial charge in [0.05, 0.1) is 0 Å². The lowest BCUT2D eigenvalue weighted by Crippen LogP contribution is -2.67. The summed E-state index contributed by atoms with van der Waals surface area (Å²) in [4.78, 5) is 16.3. The molecule has 124 valence electrons. The maximum absolute atomic E-state index is 12.2. The van der Waals surface area contributed by atoms with E-state index in [1.54, 1.807) is 12.3 Å². The molecule has 0 aromatic carbocycles. The van der Waals surface area contributed by atoms with E-state index in [0.29, 0.717) is 18.4 Å². The number of hydrogen-bond acceptors (Lipinski definition) is 3. The molecule has 4 bridgehead atoms. The van der Waals surface area contributed by atoms with Crippen molar-refractivity contribution in [1.29, 1.82) is 0 Å². The average molecular weight is 314 g/mol. The Morgan fingerprint density at radius 1 is 1.26 bits per heavy atom. The summed E-state index contributed by atoms with van der Waals surface area (Å²) >= 11 is 0. The number of rotatable bonds is 3. The molecule has 2 amide bonds. The summed E-state index contributed by atoms with van der Waals surface area (Å²) in [6.45, 7) is 2.49. The highest BCUT2D eigenvalue weighted by Gasteiger charge is 2.55. The minimum Gasteiger partial charge on any atom is -0.336 e. The van der Waals surface area contributed by atoms with Crippen molar-refractivity contribution in [1.82, 2.24) is 10.3 Å². The molecular formula is C18H26N4O. The van der Waals surface area contributed by atoms with Gasteiger partial charge in [0.2, 0.25) is 0 Å². The Labute approximate surface area is 137 Å². The van der Waals surface area contributed by atoms with Crippen LogP contribution in [-0.4, -0.2) is 23.1 Å². The predicted molar refractivity (Wildman–Crippen MR) is 90.0 cm³/mol. The lowest BCUT2D eigenvalue weighted by Gasteiger charge is -2.59. The highest BCUT2D eigenvalue weighted by atomic mass is 16.2. The lowest BCUT2D eigenvalue weighted by molar-refractivity contribution is -0.0528. The van der Waals surface area contributed by atoms with Crippen molar-refractivity contribution in [2.75, 3.05) is 11.9 Å². The highest BCUT2D eigenvalue weighted by Crippen LogP contribution is 2.57. The van der Waals surface area contributed by atoms with Crippen molar-refractivity contribution in [3.63, 3.8) is 0 Å². The Bertz CT molecular complexity index is 587. The summed E-state index contributed by atoms with van der Waals surface area (Å²) in [6.07, 6.45) is 8.16. The average Bonchev–Trinajstić information content (AvgIpc) is 2.50. The number of nitrogens with zero attached hydrogens (tertiary/aromatic N) is 1. The molecule has 4 aliphatic carbocycles. The summed E-state index contributed by atoms with van der Waals surface area (Å²) < 4.78 is 0. The Hall–Kier alpha value is -1.62. The van der Waals surface area contributed by atoms with Crippen molar-refractivity contribution in [3.05, 3.63) is 24.0 Å². The first-order chi connectivity index (χ1) is 11.0. The van der Waals surface area contributed by atoms with Crippen LogP contribution >= 0.6 is 0 Å². The number of aromatic nitrogens is 1. The molecule has 1 heterocycles. The number of nitrogens with two attached hydrogens (primary N) is 1. The molecule has 0 unspecified atom stereocenters. The molecule has 1 aromatic heterocycles. The van der Waals surface area contributed by atoms with E-state index in [-0.39, 0.29) is 11.6 Å². The fourth-order valence-corrected chi connectivity index (χ4v) is 5.38. The second-order valence-electron chi connectivity index (χ2n) is 7.91. The highest BCUT2D eigenvalue weighted by molar-refractivity contribution is 5.89. The summed E-state index contributed by atoms with van der Waals surface area (Å²) in [5.74, 6) is 2.95. The van der Waals surface area contributed by atoms with Gasteiger partial charge in [0.1, 0.15) is 0 Å². The monoisotopic (exact) mass is 314 g/mol. The second kappa shape index (κ2) is 5.48. The van der Waals surface area contributed by atoms with Crippen molar-refractivity contribution in [3.8, 4) is 0 Å². The molecule has 5 rings (SSSR count). The van der Waals surface area contributed by atoms with Gasteiger partial charge >= 0.3 is 6.03 Å². The summed E-state index contributed by atoms with van der Waals surface area (Å²) in [6, 6.07) is 3.49. The third-order valence-corrected chi connectivity index (χ3v) is 6.37. The van der Waals surface area contributed by atoms with Crippen LogP contribution in [0.2, 0.25) is 0 Å². The smallest absolute Gasteiger partial charge is 0.319 e. The predicted octanol–water partition coefficient (Wildman–Crippen LogP) is 2.67. The third-order valence-electron chi connectivity index (χ3n) is 6.37. The van der Waals surface area contributed by atoms with Crippen molar-refractivity contribution >= 4 is 11.7 Å². The van der Waals surface area contributed by atoms with Gasteiger partial charge in [-0.25, -0.2) is 4.79 Å². The summed E-state index contributed by atoms with van der Waals surface area (Å²) in [7, 11) is 0. The zero-order chi connectivity index (χ0) is 16.0. The second-order valence-corrected chi connectivity index (χ2v) is 7.91. The number of aryl methyl sites for hydroxylation is 1. The van der Waals surface area contributed by atoms with E-state index >= 15 is 0 Å². The van der Waals surface area contributed by atoms with E-state index in [1.165, 1.54) is 32.1 Å². The van der Waals surface area contributed by atoms with Gasteiger partial charge in [-0.15, -0.1) is 0 Å². The van der Waals surface area contributed by atoms with Gasteiger partial charge in [-0.1, -0.05) is 0 Å². The number of hydrogen-bond donors (Lipinski definition) is 3. The minimum atomic E-state index is -0.209. The zero-order valence-corrected chi connectivity index (χ0v) is 13.7. The first-order valence-electron chi connectivity index (χ1n) is 8.79. The van der Waals surface area contributed by atoms with Crippen LogP contribution in [0.4, 0.5) is 10.5 Å².